The van der Waals surface area contributed by atoms with E-state index >= 15 is 0 Å². The summed E-state index contributed by atoms with van der Waals surface area (Å²) in [7, 11) is -2.34. The number of methoxy groups -OCH3 is 1. The molecule has 1 aromatic carbocycles. The number of ether oxygens (including phenoxy) is 1. The standard InChI is InChI=1S/C17H25N3O4S/c1-13-3-4-14(17(21)24-2)11-16(13)25(22,23)20-9-7-19(8-10-20)15-5-6-18-12-15/h3-4,11,15,18H,5-10,12H2,1-2H3. The Morgan fingerprint density at radius 3 is 2.56 bits per heavy atom. The number of carbonyl (C=O) groups excluding carboxylic acids is 1. The highest BCUT2D eigenvalue weighted by atomic mass is 32.2. The van der Waals surface area contributed by atoms with Gasteiger partial charge in [0.05, 0.1) is 17.6 Å². The van der Waals surface area contributed by atoms with Crippen LogP contribution in [0.4, 0.5) is 0 Å². The van der Waals surface area contributed by atoms with Gasteiger partial charge in [-0.3, -0.25) is 4.90 Å². The van der Waals surface area contributed by atoms with Crippen molar-refractivity contribution < 1.29 is 17.9 Å². The van der Waals surface area contributed by atoms with Gasteiger partial charge in [0.15, 0.2) is 0 Å². The van der Waals surface area contributed by atoms with Crippen molar-refractivity contribution >= 4 is 16.0 Å². The van der Waals surface area contributed by atoms with Crippen molar-refractivity contribution in [2.24, 2.45) is 0 Å². The number of aryl methyl sites for hydroxylation is 1. The number of benzene rings is 1. The third kappa shape index (κ3) is 3.72. The minimum atomic E-state index is -3.62. The van der Waals surface area contributed by atoms with Crippen LogP contribution in [0, 0.1) is 6.92 Å². The van der Waals surface area contributed by atoms with Crippen LogP contribution in [0.15, 0.2) is 23.1 Å². The molecule has 1 aromatic rings. The molecule has 138 valence electrons. The molecular formula is C17H25N3O4S. The van der Waals surface area contributed by atoms with Crippen LogP contribution in [0.3, 0.4) is 0 Å². The van der Waals surface area contributed by atoms with E-state index in [9.17, 15) is 13.2 Å². The fourth-order valence-electron chi connectivity index (χ4n) is 3.52. The number of nitrogens with one attached hydrogen (secondary N) is 1. The molecule has 0 spiro atoms. The maximum atomic E-state index is 13.0. The first-order valence-electron chi connectivity index (χ1n) is 8.57. The molecule has 2 fully saturated rings. The quantitative estimate of drug-likeness (QED) is 0.779. The second-order valence-electron chi connectivity index (χ2n) is 6.56. The molecule has 1 atom stereocenters. The van der Waals surface area contributed by atoms with Gasteiger partial charge in [-0.2, -0.15) is 4.31 Å². The van der Waals surface area contributed by atoms with Gasteiger partial charge in [0.1, 0.15) is 0 Å². The third-order valence-corrected chi connectivity index (χ3v) is 7.09. The minimum Gasteiger partial charge on any atom is -0.465 e. The fourth-order valence-corrected chi connectivity index (χ4v) is 5.20. The van der Waals surface area contributed by atoms with E-state index in [-0.39, 0.29) is 10.5 Å². The smallest absolute Gasteiger partial charge is 0.337 e. The molecule has 0 aliphatic carbocycles. The summed E-state index contributed by atoms with van der Waals surface area (Å²) >= 11 is 0. The molecule has 2 aliphatic heterocycles. The molecule has 8 heteroatoms. The largest absolute Gasteiger partial charge is 0.465 e. The van der Waals surface area contributed by atoms with E-state index in [0.717, 1.165) is 32.6 Å². The van der Waals surface area contributed by atoms with Crippen molar-refractivity contribution in [2.75, 3.05) is 46.4 Å². The van der Waals surface area contributed by atoms with E-state index in [0.29, 0.717) is 24.7 Å². The second-order valence-corrected chi connectivity index (χ2v) is 8.46. The SMILES string of the molecule is COC(=O)c1ccc(C)c(S(=O)(=O)N2CCN(C3CCNC3)CC2)c1. The summed E-state index contributed by atoms with van der Waals surface area (Å²) in [5, 5.41) is 3.35. The zero-order valence-electron chi connectivity index (χ0n) is 14.7. The van der Waals surface area contributed by atoms with Gasteiger partial charge < -0.3 is 10.1 Å². The Labute approximate surface area is 149 Å². The molecule has 0 radical (unpaired) electrons. The summed E-state index contributed by atoms with van der Waals surface area (Å²) in [5.74, 6) is -0.532. The van der Waals surface area contributed by atoms with E-state index in [2.05, 4.69) is 10.2 Å². The molecule has 0 saturated carbocycles. The average molecular weight is 367 g/mol. The first-order chi connectivity index (χ1) is 11.9. The molecule has 3 rings (SSSR count). The molecule has 2 saturated heterocycles. The van der Waals surface area contributed by atoms with Crippen LogP contribution in [0.5, 0.6) is 0 Å². The van der Waals surface area contributed by atoms with E-state index in [1.54, 1.807) is 19.1 Å². The summed E-state index contributed by atoms with van der Waals surface area (Å²) in [4.78, 5) is 14.3. The molecule has 1 N–H and O–H groups in total. The lowest BCUT2D eigenvalue weighted by Crippen LogP contribution is -2.52. The summed E-state index contributed by atoms with van der Waals surface area (Å²) in [6, 6.07) is 5.17. The first kappa shape index (κ1) is 18.3. The zero-order valence-corrected chi connectivity index (χ0v) is 15.5. The van der Waals surface area contributed by atoms with Crippen LogP contribution in [0.2, 0.25) is 0 Å². The van der Waals surface area contributed by atoms with Gasteiger partial charge in [0, 0.05) is 38.8 Å². The van der Waals surface area contributed by atoms with Crippen molar-refractivity contribution in [3.63, 3.8) is 0 Å². The number of esters is 1. The van der Waals surface area contributed by atoms with Crippen molar-refractivity contribution in [2.45, 2.75) is 24.3 Å². The van der Waals surface area contributed by atoms with E-state index in [4.69, 9.17) is 4.74 Å². The predicted octanol–water partition coefficient (Wildman–Crippen LogP) is 0.450. The number of hydrogen-bond acceptors (Lipinski definition) is 6. The van der Waals surface area contributed by atoms with Crippen LogP contribution >= 0.6 is 0 Å². The van der Waals surface area contributed by atoms with E-state index < -0.39 is 16.0 Å². The fraction of sp³-hybridized carbons (Fsp3) is 0.588. The lowest BCUT2D eigenvalue weighted by Gasteiger charge is -2.37. The van der Waals surface area contributed by atoms with Crippen LogP contribution in [-0.2, 0) is 14.8 Å². The molecule has 0 bridgehead atoms. The lowest BCUT2D eigenvalue weighted by molar-refractivity contribution is 0.0600. The topological polar surface area (TPSA) is 79.0 Å². The Bertz CT molecular complexity index is 736. The minimum absolute atomic E-state index is 0.186. The number of carbonyl (C=O) groups is 1. The molecule has 0 aromatic heterocycles. The zero-order chi connectivity index (χ0) is 18.0. The van der Waals surface area contributed by atoms with Gasteiger partial charge in [-0.1, -0.05) is 6.07 Å². The van der Waals surface area contributed by atoms with Crippen LogP contribution in [0.1, 0.15) is 22.3 Å². The number of nitrogens with zero attached hydrogens (tertiary/aromatic N) is 2. The Morgan fingerprint density at radius 2 is 1.96 bits per heavy atom. The van der Waals surface area contributed by atoms with Gasteiger partial charge >= 0.3 is 5.97 Å². The maximum absolute atomic E-state index is 13.0. The van der Waals surface area contributed by atoms with Gasteiger partial charge in [-0.05, 0) is 37.6 Å². The number of sulfonamides is 1. The molecule has 0 amide bonds. The van der Waals surface area contributed by atoms with Crippen molar-refractivity contribution in [1.82, 2.24) is 14.5 Å². The van der Waals surface area contributed by atoms with Gasteiger partial charge in [0.25, 0.3) is 0 Å². The lowest BCUT2D eigenvalue weighted by atomic mass is 10.1. The molecule has 1 unspecified atom stereocenters. The van der Waals surface area contributed by atoms with Gasteiger partial charge in [0.2, 0.25) is 10.0 Å². The first-order valence-corrected chi connectivity index (χ1v) is 10.0. The van der Waals surface area contributed by atoms with E-state index in [1.807, 2.05) is 0 Å². The highest BCUT2D eigenvalue weighted by Gasteiger charge is 2.33. The molecule has 2 heterocycles. The summed E-state index contributed by atoms with van der Waals surface area (Å²) in [5.41, 5.74) is 0.886. The second kappa shape index (κ2) is 7.41. The van der Waals surface area contributed by atoms with Crippen LogP contribution < -0.4 is 5.32 Å². The number of piperazine rings is 1. The monoisotopic (exact) mass is 367 g/mol. The summed E-state index contributed by atoms with van der Waals surface area (Å²) in [6.07, 6.45) is 1.12. The Hall–Kier alpha value is -1.48. The number of rotatable bonds is 4. The molecule has 2 aliphatic rings. The maximum Gasteiger partial charge on any atom is 0.337 e. The number of hydrogen-bond donors (Lipinski definition) is 1. The Kier molecular flexibility index (Phi) is 5.43. The van der Waals surface area contributed by atoms with Crippen LogP contribution in [0.25, 0.3) is 0 Å². The highest BCUT2D eigenvalue weighted by molar-refractivity contribution is 7.89. The molecule has 25 heavy (non-hydrogen) atoms. The Morgan fingerprint density at radius 1 is 1.24 bits per heavy atom. The summed E-state index contributed by atoms with van der Waals surface area (Å²) < 4.78 is 32.3. The van der Waals surface area contributed by atoms with Crippen molar-refractivity contribution in [3.8, 4) is 0 Å². The third-order valence-electron chi connectivity index (χ3n) is 5.05. The summed E-state index contributed by atoms with van der Waals surface area (Å²) in [6.45, 7) is 6.17. The van der Waals surface area contributed by atoms with E-state index in [1.165, 1.54) is 17.5 Å². The van der Waals surface area contributed by atoms with Gasteiger partial charge in [-0.15, -0.1) is 0 Å². The highest BCUT2D eigenvalue weighted by Crippen LogP contribution is 2.24. The predicted molar refractivity (Wildman–Crippen MR) is 94.1 cm³/mol. The van der Waals surface area contributed by atoms with Gasteiger partial charge in [-0.25, -0.2) is 13.2 Å². The normalized spacial score (nSPS) is 22.9. The molecular weight excluding hydrogens is 342 g/mol. The Balaban J connectivity index is 1.77. The van der Waals surface area contributed by atoms with Crippen molar-refractivity contribution in [1.29, 1.82) is 0 Å². The van der Waals surface area contributed by atoms with Crippen LogP contribution in [-0.4, -0.2) is 76.0 Å². The average Bonchev–Trinajstić information content (AvgIpc) is 3.16. The molecule has 7 nitrogen and oxygen atoms in total. The van der Waals surface area contributed by atoms with Crippen molar-refractivity contribution in [3.05, 3.63) is 29.3 Å².